The van der Waals surface area contributed by atoms with E-state index in [0.29, 0.717) is 32.6 Å². The van der Waals surface area contributed by atoms with Crippen LogP contribution in [0.5, 0.6) is 0 Å². The Hall–Kier alpha value is -1.88. The number of carboxylic acids is 1. The number of amides is 1. The van der Waals surface area contributed by atoms with Crippen LogP contribution < -0.4 is 0 Å². The quantitative estimate of drug-likeness (QED) is 0.875. The molecule has 1 aromatic carbocycles. The van der Waals surface area contributed by atoms with E-state index in [2.05, 4.69) is 0 Å². The third kappa shape index (κ3) is 3.55. The number of carbonyl (C=O) groups is 2. The molecule has 1 amide bonds. The van der Waals surface area contributed by atoms with Gasteiger partial charge in [0.2, 0.25) is 5.91 Å². The van der Waals surface area contributed by atoms with Crippen LogP contribution in [0.2, 0.25) is 0 Å². The highest BCUT2D eigenvalue weighted by Gasteiger charge is 2.44. The fraction of sp³-hybridized carbons (Fsp3) is 0.556. The second kappa shape index (κ2) is 7.13. The molecule has 0 bridgehead atoms. The van der Waals surface area contributed by atoms with Crippen molar-refractivity contribution in [1.82, 2.24) is 9.80 Å². The van der Waals surface area contributed by atoms with E-state index >= 15 is 0 Å². The molecule has 1 aromatic rings. The van der Waals surface area contributed by atoms with Gasteiger partial charge in [-0.1, -0.05) is 30.3 Å². The zero-order valence-electron chi connectivity index (χ0n) is 14.2. The highest BCUT2D eigenvalue weighted by Crippen LogP contribution is 2.36. The topological polar surface area (TPSA) is 60.9 Å². The van der Waals surface area contributed by atoms with Crippen LogP contribution in [0.15, 0.2) is 30.3 Å². The Bertz CT molecular complexity index is 557. The molecule has 1 saturated heterocycles. The Balaban J connectivity index is 2.32. The molecule has 1 fully saturated rings. The van der Waals surface area contributed by atoms with Crippen LogP contribution in [0.3, 0.4) is 0 Å². The van der Waals surface area contributed by atoms with Crippen molar-refractivity contribution in [3.8, 4) is 0 Å². The molecule has 5 heteroatoms. The Labute approximate surface area is 137 Å². The first-order valence-electron chi connectivity index (χ1n) is 8.24. The summed E-state index contributed by atoms with van der Waals surface area (Å²) in [5, 5.41) is 9.46. The number of nitrogens with zero attached hydrogens (tertiary/aromatic N) is 2. The molecule has 2 atom stereocenters. The average molecular weight is 318 g/mol. The molecule has 1 N–H and O–H groups in total. The van der Waals surface area contributed by atoms with Gasteiger partial charge in [0, 0.05) is 26.2 Å². The summed E-state index contributed by atoms with van der Waals surface area (Å²) in [5.74, 6) is -0.738. The number of benzene rings is 1. The highest BCUT2D eigenvalue weighted by molar-refractivity contribution is 5.83. The van der Waals surface area contributed by atoms with Gasteiger partial charge in [-0.05, 0) is 32.8 Å². The summed E-state index contributed by atoms with van der Waals surface area (Å²) in [6.45, 7) is 8.03. The van der Waals surface area contributed by atoms with Crippen molar-refractivity contribution in [1.29, 1.82) is 0 Å². The normalized spacial score (nSPS) is 22.7. The minimum Gasteiger partial charge on any atom is -0.481 e. The van der Waals surface area contributed by atoms with E-state index in [4.69, 9.17) is 0 Å². The van der Waals surface area contributed by atoms with Crippen LogP contribution in [0.1, 0.15) is 38.8 Å². The summed E-state index contributed by atoms with van der Waals surface area (Å²) in [7, 11) is 0. The number of carboxylic acid groups (broad SMARTS) is 1. The lowest BCUT2D eigenvalue weighted by atomic mass is 9.90. The number of likely N-dealkylation sites (tertiary alicyclic amines) is 1. The van der Waals surface area contributed by atoms with Gasteiger partial charge in [0.15, 0.2) is 0 Å². The number of rotatable bonds is 6. The predicted octanol–water partition coefficient (Wildman–Crippen LogP) is 2.39. The van der Waals surface area contributed by atoms with Gasteiger partial charge >= 0.3 is 5.97 Å². The third-order valence-electron chi connectivity index (χ3n) is 4.81. The van der Waals surface area contributed by atoms with Gasteiger partial charge in [-0.2, -0.15) is 0 Å². The summed E-state index contributed by atoms with van der Waals surface area (Å²) in [5.41, 5.74) is 0.148. The van der Waals surface area contributed by atoms with Crippen molar-refractivity contribution in [2.75, 3.05) is 26.2 Å². The second-order valence-corrected chi connectivity index (χ2v) is 6.41. The Kier molecular flexibility index (Phi) is 5.42. The molecule has 2 unspecified atom stereocenters. The maximum Gasteiger partial charge on any atom is 0.310 e. The lowest BCUT2D eigenvalue weighted by Gasteiger charge is -2.32. The van der Waals surface area contributed by atoms with Gasteiger partial charge in [0.05, 0.1) is 5.41 Å². The molecule has 0 saturated carbocycles. The van der Waals surface area contributed by atoms with Crippen molar-refractivity contribution in [2.24, 2.45) is 5.41 Å². The van der Waals surface area contributed by atoms with Crippen LogP contribution >= 0.6 is 0 Å². The number of hydrogen-bond donors (Lipinski definition) is 1. The summed E-state index contributed by atoms with van der Waals surface area (Å²) in [6.07, 6.45) is 0.567. The number of aliphatic carboxylic acids is 1. The first-order valence-corrected chi connectivity index (χ1v) is 8.24. The van der Waals surface area contributed by atoms with Gasteiger partial charge in [0.25, 0.3) is 0 Å². The molecule has 2 rings (SSSR count). The second-order valence-electron chi connectivity index (χ2n) is 6.41. The lowest BCUT2D eigenvalue weighted by Crippen LogP contribution is -2.43. The Morgan fingerprint density at radius 2 is 1.87 bits per heavy atom. The van der Waals surface area contributed by atoms with Crippen molar-refractivity contribution in [2.45, 2.75) is 33.2 Å². The summed E-state index contributed by atoms with van der Waals surface area (Å²) in [4.78, 5) is 28.4. The van der Waals surface area contributed by atoms with Gasteiger partial charge in [0.1, 0.15) is 6.04 Å². The van der Waals surface area contributed by atoms with Crippen LogP contribution in [-0.2, 0) is 9.59 Å². The zero-order chi connectivity index (χ0) is 17.0. The van der Waals surface area contributed by atoms with Crippen LogP contribution in [-0.4, -0.2) is 53.0 Å². The first-order chi connectivity index (χ1) is 10.9. The van der Waals surface area contributed by atoms with Crippen molar-refractivity contribution in [3.63, 3.8) is 0 Å². The Morgan fingerprint density at radius 1 is 1.26 bits per heavy atom. The molecular weight excluding hydrogens is 292 g/mol. The van der Waals surface area contributed by atoms with Gasteiger partial charge in [-0.15, -0.1) is 0 Å². The molecule has 0 spiro atoms. The summed E-state index contributed by atoms with van der Waals surface area (Å²) < 4.78 is 0. The maximum absolute atomic E-state index is 13.0. The Morgan fingerprint density at radius 3 is 2.35 bits per heavy atom. The predicted molar refractivity (Wildman–Crippen MR) is 89.0 cm³/mol. The largest absolute Gasteiger partial charge is 0.481 e. The van der Waals surface area contributed by atoms with Crippen LogP contribution in [0.25, 0.3) is 0 Å². The van der Waals surface area contributed by atoms with Crippen molar-refractivity contribution >= 4 is 11.9 Å². The van der Waals surface area contributed by atoms with E-state index < -0.39 is 17.4 Å². The molecule has 0 aromatic heterocycles. The maximum atomic E-state index is 13.0. The minimum atomic E-state index is -0.790. The van der Waals surface area contributed by atoms with Crippen molar-refractivity contribution in [3.05, 3.63) is 35.9 Å². The van der Waals surface area contributed by atoms with E-state index in [1.165, 1.54) is 0 Å². The molecule has 23 heavy (non-hydrogen) atoms. The van der Waals surface area contributed by atoms with Gasteiger partial charge in [-0.3, -0.25) is 14.5 Å². The van der Waals surface area contributed by atoms with Crippen LogP contribution in [0.4, 0.5) is 0 Å². The molecule has 1 heterocycles. The van der Waals surface area contributed by atoms with E-state index in [1.54, 1.807) is 6.92 Å². The zero-order valence-corrected chi connectivity index (χ0v) is 14.2. The third-order valence-corrected chi connectivity index (χ3v) is 4.81. The number of hydrogen-bond acceptors (Lipinski definition) is 3. The monoisotopic (exact) mass is 318 g/mol. The molecule has 5 nitrogen and oxygen atoms in total. The van der Waals surface area contributed by atoms with Crippen LogP contribution in [0, 0.1) is 5.41 Å². The molecule has 0 radical (unpaired) electrons. The highest BCUT2D eigenvalue weighted by atomic mass is 16.4. The van der Waals surface area contributed by atoms with Crippen molar-refractivity contribution < 1.29 is 14.7 Å². The molecular formula is C18H26N2O3. The minimum absolute atomic E-state index is 0.0517. The molecule has 1 aliphatic heterocycles. The molecule has 126 valence electrons. The summed E-state index contributed by atoms with van der Waals surface area (Å²) in [6, 6.07) is 9.25. The summed E-state index contributed by atoms with van der Waals surface area (Å²) >= 11 is 0. The lowest BCUT2D eigenvalue weighted by molar-refractivity contribution is -0.148. The smallest absolute Gasteiger partial charge is 0.310 e. The SMILES string of the molecule is CCN(CC)C(=O)C(c1ccccc1)N1CCC(C)(C(=O)O)C1. The van der Waals surface area contributed by atoms with Gasteiger partial charge < -0.3 is 10.0 Å². The number of carbonyl (C=O) groups excluding carboxylic acids is 1. The number of likely N-dealkylation sites (N-methyl/N-ethyl adjacent to an activating group) is 1. The van der Waals surface area contributed by atoms with Gasteiger partial charge in [-0.25, -0.2) is 0 Å². The van der Waals surface area contributed by atoms with E-state index in [0.717, 1.165) is 5.56 Å². The molecule has 1 aliphatic rings. The fourth-order valence-corrected chi connectivity index (χ4v) is 3.24. The van der Waals surface area contributed by atoms with E-state index in [-0.39, 0.29) is 5.91 Å². The first kappa shape index (κ1) is 17.5. The average Bonchev–Trinajstić information content (AvgIpc) is 2.93. The van der Waals surface area contributed by atoms with E-state index in [1.807, 2.05) is 54.0 Å². The van der Waals surface area contributed by atoms with E-state index in [9.17, 15) is 14.7 Å². The molecule has 0 aliphatic carbocycles. The standard InChI is InChI=1S/C18H26N2O3/c1-4-19(5-2)16(21)15(14-9-7-6-8-10-14)20-12-11-18(3,13-20)17(22)23/h6-10,15H,4-5,11-13H2,1-3H3,(H,22,23). The fourth-order valence-electron chi connectivity index (χ4n) is 3.24.